The molecule has 1 aliphatic rings. The highest BCUT2D eigenvalue weighted by molar-refractivity contribution is 6.11. The molecule has 3 unspecified atom stereocenters. The molecule has 0 aliphatic heterocycles. The summed E-state index contributed by atoms with van der Waals surface area (Å²) in [6.07, 6.45) is 11.0. The van der Waals surface area contributed by atoms with Crippen molar-refractivity contribution in [3.05, 3.63) is 284 Å². The Morgan fingerprint density at radius 1 is 0.440 bits per heavy atom. The van der Waals surface area contributed by atoms with Gasteiger partial charge in [0.15, 0.2) is 0 Å². The van der Waals surface area contributed by atoms with Gasteiger partial charge in [-0.1, -0.05) is 185 Å². The van der Waals surface area contributed by atoms with Crippen molar-refractivity contribution in [1.29, 1.82) is 0 Å². The largest absolute Gasteiger partial charge is 0.494 e. The van der Waals surface area contributed by atoms with E-state index in [0.29, 0.717) is 31.7 Å². The molecule has 0 saturated heterocycles. The van der Waals surface area contributed by atoms with Gasteiger partial charge in [0.1, 0.15) is 17.2 Å². The molecule has 5 nitrogen and oxygen atoms in total. The Labute approximate surface area is 496 Å². The number of fused-ring (bicyclic) bond motifs is 6. The highest BCUT2D eigenvalue weighted by Gasteiger charge is 2.45. The minimum atomic E-state index is -0.354. The number of benzene rings is 10. The molecule has 0 radical (unpaired) electrons. The Hall–Kier alpha value is -9.32. The number of nitrogens with zero attached hydrogens (tertiary/aromatic N) is 2. The molecule has 418 valence electrons. The summed E-state index contributed by atoms with van der Waals surface area (Å²) in [5.41, 5.74) is 17.6. The fourth-order valence-electron chi connectivity index (χ4n) is 12.7. The van der Waals surface area contributed by atoms with Crippen LogP contribution in [0.4, 0.5) is 17.1 Å². The number of anilines is 3. The first-order valence-electron chi connectivity index (χ1n) is 30.1. The average molecular weight is 1100 g/mol. The molecule has 0 N–H and O–H groups in total. The molecule has 10 aromatic carbocycles. The first-order chi connectivity index (χ1) is 41.4. The van der Waals surface area contributed by atoms with E-state index in [-0.39, 0.29) is 5.41 Å². The van der Waals surface area contributed by atoms with E-state index < -0.39 is 0 Å². The summed E-state index contributed by atoms with van der Waals surface area (Å²) in [6.45, 7) is 14.6. The Morgan fingerprint density at radius 3 is 1.64 bits per heavy atom. The summed E-state index contributed by atoms with van der Waals surface area (Å²) < 4.78 is 21.1. The first-order valence-corrected chi connectivity index (χ1v) is 30.1. The van der Waals surface area contributed by atoms with Crippen LogP contribution < -0.4 is 19.1 Å². The molecular weight excluding hydrogens is 1020 g/mol. The van der Waals surface area contributed by atoms with E-state index in [9.17, 15) is 0 Å². The minimum absolute atomic E-state index is 0.354. The van der Waals surface area contributed by atoms with Crippen molar-refractivity contribution in [2.75, 3.05) is 24.7 Å². The molecule has 1 aromatic heterocycles. The quantitative estimate of drug-likeness (QED) is 0.0535. The third-order valence-corrected chi connectivity index (χ3v) is 17.0. The van der Waals surface area contributed by atoms with Gasteiger partial charge in [-0.3, -0.25) is 0 Å². The number of hydrogen-bond acceptors (Lipinski definition) is 4. The van der Waals surface area contributed by atoms with Gasteiger partial charge in [-0.25, -0.2) is 0 Å². The van der Waals surface area contributed by atoms with E-state index in [0.717, 1.165) is 118 Å². The molecule has 11 aromatic rings. The standard InChI is InChI=1S/C79H74N2O3/c1-5-59-32-42-68(43-33-59)82-50-20-7-8-21-51-83-70-46-49-78-74(54-70)73-52-62(38-48-77(73)81(78)65-26-16-11-17-27-65)61-36-39-66(40-37-61)80(64-24-14-10-15-25-64)67-41-47-72-71-28-18-19-29-75(71)79(76(72)53-67,63-22-12-9-13-23-63)55-57(3)30-31-58(4)56-84-69-44-34-60(6-2)35-45-69/h5-6,9-19,22-29,32-49,52-54,57-58H,1-2,7-8,20-21,30-31,50-51,55-56H2,3-4H3. The van der Waals surface area contributed by atoms with Gasteiger partial charge in [0.25, 0.3) is 0 Å². The van der Waals surface area contributed by atoms with Crippen molar-refractivity contribution in [3.63, 3.8) is 0 Å². The molecular formula is C79H74N2O3. The van der Waals surface area contributed by atoms with Crippen molar-refractivity contribution >= 4 is 51.0 Å². The van der Waals surface area contributed by atoms with E-state index >= 15 is 0 Å². The van der Waals surface area contributed by atoms with Gasteiger partial charge < -0.3 is 23.7 Å². The van der Waals surface area contributed by atoms with Crippen molar-refractivity contribution in [2.45, 2.75) is 64.2 Å². The van der Waals surface area contributed by atoms with Crippen LogP contribution in [0.25, 0.3) is 61.9 Å². The normalized spacial score (nSPS) is 14.1. The number of para-hydroxylation sites is 2. The van der Waals surface area contributed by atoms with Gasteiger partial charge >= 0.3 is 0 Å². The maximum Gasteiger partial charge on any atom is 0.120 e. The Kier molecular flexibility index (Phi) is 16.7. The molecule has 84 heavy (non-hydrogen) atoms. The highest BCUT2D eigenvalue weighted by Crippen LogP contribution is 2.57. The van der Waals surface area contributed by atoms with Gasteiger partial charge in [-0.2, -0.15) is 0 Å². The molecule has 5 heteroatoms. The highest BCUT2D eigenvalue weighted by atomic mass is 16.5. The first kappa shape index (κ1) is 55.2. The van der Waals surface area contributed by atoms with Gasteiger partial charge in [0.05, 0.1) is 30.9 Å². The maximum absolute atomic E-state index is 6.47. The SMILES string of the molecule is C=Cc1ccc(OCCCCCCOc2ccc3c(c2)c2cc(-c4ccc(N(c5ccccc5)c5ccc6c(c5)C(CC(C)CCC(C)COc5ccc(C=C)cc5)(c5ccccc5)c5ccccc5-6)cc4)ccc2n3-c2ccccc2)cc1. The molecule has 3 atom stereocenters. The van der Waals surface area contributed by atoms with Gasteiger partial charge in [0.2, 0.25) is 0 Å². The third kappa shape index (κ3) is 11.7. The fourth-order valence-corrected chi connectivity index (χ4v) is 12.7. The summed E-state index contributed by atoms with van der Waals surface area (Å²) in [7, 11) is 0. The summed E-state index contributed by atoms with van der Waals surface area (Å²) in [6, 6.07) is 88.1. The van der Waals surface area contributed by atoms with Gasteiger partial charge in [0, 0.05) is 38.9 Å². The second-order valence-electron chi connectivity index (χ2n) is 22.8. The number of rotatable bonds is 25. The van der Waals surface area contributed by atoms with Crippen LogP contribution in [0.2, 0.25) is 0 Å². The lowest BCUT2D eigenvalue weighted by atomic mass is 9.67. The number of unbranched alkanes of at least 4 members (excludes halogenated alkanes) is 3. The van der Waals surface area contributed by atoms with E-state index in [2.05, 4.69) is 243 Å². The predicted molar refractivity (Wildman–Crippen MR) is 353 cm³/mol. The Bertz CT molecular complexity index is 4000. The molecule has 0 bridgehead atoms. The topological polar surface area (TPSA) is 35.9 Å². The smallest absolute Gasteiger partial charge is 0.120 e. The van der Waals surface area contributed by atoms with Crippen molar-refractivity contribution < 1.29 is 14.2 Å². The molecule has 1 aliphatic carbocycles. The predicted octanol–water partition coefficient (Wildman–Crippen LogP) is 21.1. The van der Waals surface area contributed by atoms with Crippen molar-refractivity contribution in [2.24, 2.45) is 11.8 Å². The summed E-state index contributed by atoms with van der Waals surface area (Å²) in [4.78, 5) is 2.43. The monoisotopic (exact) mass is 1100 g/mol. The van der Waals surface area contributed by atoms with E-state index in [1.165, 1.54) is 38.6 Å². The average Bonchev–Trinajstić information content (AvgIpc) is 1.76. The lowest BCUT2D eigenvalue weighted by molar-refractivity contribution is 0.240. The Morgan fingerprint density at radius 2 is 0.964 bits per heavy atom. The van der Waals surface area contributed by atoms with Crippen LogP contribution in [0.1, 0.15) is 86.6 Å². The molecule has 1 heterocycles. The number of aromatic nitrogens is 1. The van der Waals surface area contributed by atoms with E-state index in [1.54, 1.807) is 0 Å². The molecule has 0 amide bonds. The van der Waals surface area contributed by atoms with Crippen LogP contribution in [0.5, 0.6) is 17.2 Å². The second-order valence-corrected chi connectivity index (χ2v) is 22.8. The van der Waals surface area contributed by atoms with E-state index in [1.807, 2.05) is 48.6 Å². The summed E-state index contributed by atoms with van der Waals surface area (Å²) >= 11 is 0. The lowest BCUT2D eigenvalue weighted by Crippen LogP contribution is -2.30. The zero-order valence-electron chi connectivity index (χ0n) is 48.5. The van der Waals surface area contributed by atoms with Gasteiger partial charge in [-0.05, 0) is 204 Å². The number of ether oxygens (including phenoxy) is 3. The zero-order chi connectivity index (χ0) is 57.2. The lowest BCUT2D eigenvalue weighted by Gasteiger charge is -2.36. The van der Waals surface area contributed by atoms with Crippen molar-refractivity contribution in [1.82, 2.24) is 4.57 Å². The van der Waals surface area contributed by atoms with Crippen LogP contribution >= 0.6 is 0 Å². The second kappa shape index (κ2) is 25.4. The zero-order valence-corrected chi connectivity index (χ0v) is 48.5. The number of hydrogen-bond donors (Lipinski definition) is 0. The van der Waals surface area contributed by atoms with Crippen LogP contribution in [0.15, 0.2) is 256 Å². The third-order valence-electron chi connectivity index (χ3n) is 17.0. The molecule has 0 spiro atoms. The molecule has 0 saturated carbocycles. The minimum Gasteiger partial charge on any atom is -0.494 e. The maximum atomic E-state index is 6.47. The fraction of sp³-hybridized carbons (Fsp3) is 0.190. The van der Waals surface area contributed by atoms with Crippen LogP contribution in [0, 0.1) is 11.8 Å². The summed E-state index contributed by atoms with van der Waals surface area (Å²) in [5.74, 6) is 3.54. The molecule has 12 rings (SSSR count). The molecule has 0 fully saturated rings. The van der Waals surface area contributed by atoms with Crippen molar-refractivity contribution in [3.8, 4) is 45.2 Å². The van der Waals surface area contributed by atoms with Gasteiger partial charge in [-0.15, -0.1) is 0 Å². The van der Waals surface area contributed by atoms with Crippen LogP contribution in [0.3, 0.4) is 0 Å². The van der Waals surface area contributed by atoms with Crippen LogP contribution in [-0.4, -0.2) is 24.4 Å². The summed E-state index contributed by atoms with van der Waals surface area (Å²) in [5, 5.41) is 2.36. The van der Waals surface area contributed by atoms with Crippen LogP contribution in [-0.2, 0) is 5.41 Å². The van der Waals surface area contributed by atoms with E-state index in [4.69, 9.17) is 14.2 Å². The Balaban J connectivity index is 0.815.